The van der Waals surface area contributed by atoms with E-state index in [2.05, 4.69) is 5.32 Å². The van der Waals surface area contributed by atoms with Crippen LogP contribution in [0.4, 0.5) is 10.1 Å². The highest BCUT2D eigenvalue weighted by molar-refractivity contribution is 6.42. The van der Waals surface area contributed by atoms with Crippen LogP contribution >= 0.6 is 23.2 Å². The molecule has 0 unspecified atom stereocenters. The van der Waals surface area contributed by atoms with E-state index in [-0.39, 0.29) is 5.82 Å². The van der Waals surface area contributed by atoms with Gasteiger partial charge in [-0.2, -0.15) is 0 Å². The van der Waals surface area contributed by atoms with Gasteiger partial charge in [-0.3, -0.25) is 0 Å². The molecule has 0 aliphatic heterocycles. The molecule has 0 atom stereocenters. The molecular formula is C14H12Cl2FN. The molecule has 0 bridgehead atoms. The first-order chi connectivity index (χ1) is 8.58. The Morgan fingerprint density at radius 2 is 1.94 bits per heavy atom. The van der Waals surface area contributed by atoms with Gasteiger partial charge in [-0.1, -0.05) is 41.4 Å². The first-order valence-corrected chi connectivity index (χ1v) is 6.26. The van der Waals surface area contributed by atoms with Crippen LogP contribution in [0.25, 0.3) is 0 Å². The van der Waals surface area contributed by atoms with Crippen molar-refractivity contribution in [3.63, 3.8) is 0 Å². The summed E-state index contributed by atoms with van der Waals surface area (Å²) >= 11 is 12.0. The highest BCUT2D eigenvalue weighted by Gasteiger charge is 2.05. The largest absolute Gasteiger partial charge is 0.381 e. The minimum absolute atomic E-state index is 0.264. The Labute approximate surface area is 116 Å². The van der Waals surface area contributed by atoms with Gasteiger partial charge < -0.3 is 5.32 Å². The lowest BCUT2D eigenvalue weighted by Crippen LogP contribution is -2.02. The Morgan fingerprint density at radius 3 is 2.72 bits per heavy atom. The predicted molar refractivity (Wildman–Crippen MR) is 74.9 cm³/mol. The zero-order valence-corrected chi connectivity index (χ0v) is 11.3. The molecule has 0 fully saturated rings. The van der Waals surface area contributed by atoms with E-state index in [1.165, 1.54) is 12.1 Å². The van der Waals surface area contributed by atoms with Gasteiger partial charge >= 0.3 is 0 Å². The fourth-order valence-electron chi connectivity index (χ4n) is 1.66. The minimum atomic E-state index is -0.264. The summed E-state index contributed by atoms with van der Waals surface area (Å²) < 4.78 is 13.1. The number of hydrogen-bond donors (Lipinski definition) is 1. The maximum atomic E-state index is 13.1. The highest BCUT2D eigenvalue weighted by Crippen LogP contribution is 2.26. The molecule has 2 aromatic rings. The molecule has 0 aliphatic carbocycles. The van der Waals surface area contributed by atoms with E-state index in [4.69, 9.17) is 23.2 Å². The number of nitrogens with one attached hydrogen (secondary N) is 1. The molecule has 0 amide bonds. The molecule has 0 saturated heterocycles. The lowest BCUT2D eigenvalue weighted by Gasteiger charge is -2.11. The summed E-state index contributed by atoms with van der Waals surface area (Å²) in [5, 5.41) is 4.20. The topological polar surface area (TPSA) is 12.0 Å². The standard InChI is InChI=1S/C14H12Cl2FN/c1-9-5-6-11(17)7-13(9)18-8-10-3-2-4-12(15)14(10)16/h2-7,18H,8H2,1H3. The molecule has 4 heteroatoms. The van der Waals surface area contributed by atoms with Crippen molar-refractivity contribution in [3.8, 4) is 0 Å². The number of rotatable bonds is 3. The summed E-state index contributed by atoms with van der Waals surface area (Å²) in [5.74, 6) is -0.264. The van der Waals surface area contributed by atoms with E-state index in [1.54, 1.807) is 12.1 Å². The molecule has 2 aromatic carbocycles. The van der Waals surface area contributed by atoms with Crippen LogP contribution in [0.15, 0.2) is 36.4 Å². The third-order valence-electron chi connectivity index (χ3n) is 2.70. The van der Waals surface area contributed by atoms with Crippen LogP contribution < -0.4 is 5.32 Å². The van der Waals surface area contributed by atoms with Crippen LogP contribution in [0.1, 0.15) is 11.1 Å². The molecule has 0 aliphatic rings. The van der Waals surface area contributed by atoms with Crippen molar-refractivity contribution in [2.45, 2.75) is 13.5 Å². The van der Waals surface area contributed by atoms with Gasteiger partial charge in [-0.05, 0) is 36.2 Å². The van der Waals surface area contributed by atoms with Crippen LogP contribution in [-0.2, 0) is 6.54 Å². The van der Waals surface area contributed by atoms with E-state index >= 15 is 0 Å². The van der Waals surface area contributed by atoms with E-state index in [0.29, 0.717) is 16.6 Å². The lowest BCUT2D eigenvalue weighted by molar-refractivity contribution is 0.628. The molecule has 0 spiro atoms. The van der Waals surface area contributed by atoms with Gasteiger partial charge in [-0.15, -0.1) is 0 Å². The average Bonchev–Trinajstić information content (AvgIpc) is 2.35. The number of anilines is 1. The van der Waals surface area contributed by atoms with Crippen molar-refractivity contribution in [2.24, 2.45) is 0 Å². The maximum Gasteiger partial charge on any atom is 0.125 e. The lowest BCUT2D eigenvalue weighted by atomic mass is 10.1. The predicted octanol–water partition coefficient (Wildman–Crippen LogP) is 5.05. The van der Waals surface area contributed by atoms with Gasteiger partial charge in [0.25, 0.3) is 0 Å². The summed E-state index contributed by atoms with van der Waals surface area (Å²) in [6.07, 6.45) is 0. The fraction of sp³-hybridized carbons (Fsp3) is 0.143. The van der Waals surface area contributed by atoms with Crippen LogP contribution in [0.3, 0.4) is 0 Å². The minimum Gasteiger partial charge on any atom is -0.381 e. The molecule has 0 heterocycles. The monoisotopic (exact) mass is 283 g/mol. The third-order valence-corrected chi connectivity index (χ3v) is 3.56. The SMILES string of the molecule is Cc1ccc(F)cc1NCc1cccc(Cl)c1Cl. The van der Waals surface area contributed by atoms with Crippen LogP contribution in [0.5, 0.6) is 0 Å². The Hall–Kier alpha value is -1.25. The average molecular weight is 284 g/mol. The van der Waals surface area contributed by atoms with Crippen molar-refractivity contribution in [1.29, 1.82) is 0 Å². The number of halogens is 3. The molecule has 0 aromatic heterocycles. The molecule has 1 N–H and O–H groups in total. The molecule has 0 radical (unpaired) electrons. The van der Waals surface area contributed by atoms with E-state index in [1.807, 2.05) is 19.1 Å². The van der Waals surface area contributed by atoms with Crippen molar-refractivity contribution < 1.29 is 4.39 Å². The van der Waals surface area contributed by atoms with Crippen LogP contribution in [-0.4, -0.2) is 0 Å². The highest BCUT2D eigenvalue weighted by atomic mass is 35.5. The van der Waals surface area contributed by atoms with Crippen LogP contribution in [0.2, 0.25) is 10.0 Å². The fourth-order valence-corrected chi connectivity index (χ4v) is 2.05. The molecular weight excluding hydrogens is 272 g/mol. The van der Waals surface area contributed by atoms with Gasteiger partial charge in [0.05, 0.1) is 10.0 Å². The van der Waals surface area contributed by atoms with Crippen molar-refractivity contribution >= 4 is 28.9 Å². The molecule has 18 heavy (non-hydrogen) atoms. The summed E-state index contributed by atoms with van der Waals surface area (Å²) in [6.45, 7) is 2.42. The van der Waals surface area contributed by atoms with Gasteiger partial charge in [0, 0.05) is 12.2 Å². The van der Waals surface area contributed by atoms with E-state index in [0.717, 1.165) is 16.8 Å². The Kier molecular flexibility index (Phi) is 4.10. The maximum absolute atomic E-state index is 13.1. The van der Waals surface area contributed by atoms with Crippen LogP contribution in [0, 0.1) is 12.7 Å². The second kappa shape index (κ2) is 5.59. The Morgan fingerprint density at radius 1 is 1.17 bits per heavy atom. The number of benzene rings is 2. The molecule has 1 nitrogen and oxygen atoms in total. The summed E-state index contributed by atoms with van der Waals surface area (Å²) in [4.78, 5) is 0. The Bertz CT molecular complexity index is 568. The first-order valence-electron chi connectivity index (χ1n) is 5.51. The zero-order valence-electron chi connectivity index (χ0n) is 9.81. The smallest absolute Gasteiger partial charge is 0.125 e. The summed E-state index contributed by atoms with van der Waals surface area (Å²) in [6, 6.07) is 10.1. The normalized spacial score (nSPS) is 10.4. The van der Waals surface area contributed by atoms with E-state index in [9.17, 15) is 4.39 Å². The van der Waals surface area contributed by atoms with Gasteiger partial charge in [0.2, 0.25) is 0 Å². The second-order valence-electron chi connectivity index (χ2n) is 4.03. The van der Waals surface area contributed by atoms with Gasteiger partial charge in [-0.25, -0.2) is 4.39 Å². The number of aryl methyl sites for hydroxylation is 1. The number of hydrogen-bond acceptors (Lipinski definition) is 1. The van der Waals surface area contributed by atoms with Crippen molar-refractivity contribution in [3.05, 3.63) is 63.4 Å². The van der Waals surface area contributed by atoms with Crippen molar-refractivity contribution in [2.75, 3.05) is 5.32 Å². The van der Waals surface area contributed by atoms with Gasteiger partial charge in [0.1, 0.15) is 5.82 Å². The summed E-state index contributed by atoms with van der Waals surface area (Å²) in [5.41, 5.74) is 2.62. The second-order valence-corrected chi connectivity index (χ2v) is 4.81. The van der Waals surface area contributed by atoms with E-state index < -0.39 is 0 Å². The Balaban J connectivity index is 2.16. The molecule has 2 rings (SSSR count). The zero-order chi connectivity index (χ0) is 13.1. The first kappa shape index (κ1) is 13.2. The third kappa shape index (κ3) is 2.95. The molecule has 94 valence electrons. The molecule has 0 saturated carbocycles. The quantitative estimate of drug-likeness (QED) is 0.831. The van der Waals surface area contributed by atoms with Gasteiger partial charge in [0.15, 0.2) is 0 Å². The summed E-state index contributed by atoms with van der Waals surface area (Å²) in [7, 11) is 0. The van der Waals surface area contributed by atoms with Crippen molar-refractivity contribution in [1.82, 2.24) is 0 Å².